The summed E-state index contributed by atoms with van der Waals surface area (Å²) >= 11 is 2.44. The second-order valence-corrected chi connectivity index (χ2v) is 9.25. The number of thiophene rings is 1. The summed E-state index contributed by atoms with van der Waals surface area (Å²) in [4.78, 5) is 29.9. The van der Waals surface area contributed by atoms with Crippen molar-refractivity contribution in [3.8, 4) is 17.3 Å². The van der Waals surface area contributed by atoms with E-state index in [2.05, 4.69) is 22.4 Å². The minimum atomic E-state index is -0.549. The number of rotatable bonds is 8. The molecule has 0 radical (unpaired) electrons. The highest BCUT2D eigenvalue weighted by Gasteiger charge is 2.26. The van der Waals surface area contributed by atoms with Crippen molar-refractivity contribution in [3.05, 3.63) is 61.9 Å². The van der Waals surface area contributed by atoms with Gasteiger partial charge in [0.1, 0.15) is 26.5 Å². The molecule has 0 atom stereocenters. The molecule has 2 aromatic heterocycles. The van der Waals surface area contributed by atoms with Gasteiger partial charge in [-0.3, -0.25) is 0 Å². The number of aromatic nitrogens is 1. The highest BCUT2D eigenvalue weighted by Crippen LogP contribution is 2.35. The predicted octanol–water partition coefficient (Wildman–Crippen LogP) is 6.13. The lowest BCUT2D eigenvalue weighted by Crippen LogP contribution is -2.09. The largest absolute Gasteiger partial charge is 0.462 e. The standard InChI is InChI=1S/C25H25N3O4S2/c1-6-31-24(29)20-16(5)21(25(30)32-7-2)34-23(20)27-12-17(11-26)22-28-19(13-33-22)18-9-8-14(3)10-15(18)4/h8-10,12-13,27H,6-7H2,1-5H3/b17-12-. The van der Waals surface area contributed by atoms with Crippen molar-refractivity contribution in [2.75, 3.05) is 18.5 Å². The minimum Gasteiger partial charge on any atom is -0.462 e. The predicted molar refractivity (Wildman–Crippen MR) is 135 cm³/mol. The molecule has 0 aliphatic carbocycles. The number of hydrogen-bond acceptors (Lipinski definition) is 9. The lowest BCUT2D eigenvalue weighted by molar-refractivity contribution is 0.0527. The SMILES string of the molecule is CCOC(=O)c1sc(N/C=C(/C#N)c2nc(-c3ccc(C)cc3C)cs2)c(C(=O)OCC)c1C. The van der Waals surface area contributed by atoms with Crippen LogP contribution in [0.1, 0.15) is 55.6 Å². The van der Waals surface area contributed by atoms with Crippen LogP contribution in [-0.2, 0) is 9.47 Å². The summed E-state index contributed by atoms with van der Waals surface area (Å²) in [7, 11) is 0. The average Bonchev–Trinajstić information content (AvgIpc) is 3.39. The summed E-state index contributed by atoms with van der Waals surface area (Å²) in [5.74, 6) is -1.06. The second-order valence-electron chi connectivity index (χ2n) is 7.37. The third-order valence-corrected chi connectivity index (χ3v) is 7.03. The maximum Gasteiger partial charge on any atom is 0.348 e. The van der Waals surface area contributed by atoms with E-state index in [1.807, 2.05) is 31.4 Å². The molecule has 176 valence electrons. The molecule has 0 amide bonds. The molecule has 0 bridgehead atoms. The molecule has 34 heavy (non-hydrogen) atoms. The van der Waals surface area contributed by atoms with Gasteiger partial charge in [0.2, 0.25) is 0 Å². The molecule has 3 rings (SSSR count). The maximum atomic E-state index is 12.6. The van der Waals surface area contributed by atoms with Crippen LogP contribution in [0.3, 0.4) is 0 Å². The molecular formula is C25H25N3O4S2. The number of nitrogens with zero attached hydrogens (tertiary/aromatic N) is 2. The fraction of sp³-hybridized carbons (Fsp3) is 0.280. The Kier molecular flexibility index (Phi) is 8.21. The number of thiazole rings is 1. The summed E-state index contributed by atoms with van der Waals surface area (Å²) in [6.45, 7) is 9.58. The van der Waals surface area contributed by atoms with Crippen LogP contribution < -0.4 is 5.32 Å². The van der Waals surface area contributed by atoms with Crippen molar-refractivity contribution < 1.29 is 19.1 Å². The number of carbonyl (C=O) groups is 2. The Morgan fingerprint density at radius 1 is 1.15 bits per heavy atom. The number of carbonyl (C=O) groups excluding carboxylic acids is 2. The summed E-state index contributed by atoms with van der Waals surface area (Å²) in [6.07, 6.45) is 1.49. The molecule has 0 saturated carbocycles. The molecule has 0 saturated heterocycles. The number of aryl methyl sites for hydroxylation is 2. The number of anilines is 1. The van der Waals surface area contributed by atoms with E-state index < -0.39 is 11.9 Å². The van der Waals surface area contributed by atoms with Gasteiger partial charge in [-0.1, -0.05) is 23.8 Å². The number of benzene rings is 1. The van der Waals surface area contributed by atoms with E-state index in [1.165, 1.54) is 23.1 Å². The van der Waals surface area contributed by atoms with E-state index >= 15 is 0 Å². The fourth-order valence-electron chi connectivity index (χ4n) is 3.36. The zero-order valence-corrected chi connectivity index (χ0v) is 21.3. The third kappa shape index (κ3) is 5.35. The normalized spacial score (nSPS) is 11.1. The molecule has 1 N–H and O–H groups in total. The second kappa shape index (κ2) is 11.1. The van der Waals surface area contributed by atoms with Crippen LogP contribution in [-0.4, -0.2) is 30.1 Å². The van der Waals surface area contributed by atoms with Crippen LogP contribution in [0.5, 0.6) is 0 Å². The Labute approximate surface area is 206 Å². The van der Waals surface area contributed by atoms with Crippen molar-refractivity contribution in [3.63, 3.8) is 0 Å². The number of allylic oxidation sites excluding steroid dienone is 1. The first kappa shape index (κ1) is 25.1. The molecular weight excluding hydrogens is 470 g/mol. The zero-order chi connectivity index (χ0) is 24.8. The Bertz CT molecular complexity index is 1300. The van der Waals surface area contributed by atoms with E-state index in [-0.39, 0.29) is 18.8 Å². The first-order chi connectivity index (χ1) is 16.3. The molecule has 7 nitrogen and oxygen atoms in total. The van der Waals surface area contributed by atoms with Gasteiger partial charge in [0.25, 0.3) is 0 Å². The lowest BCUT2D eigenvalue weighted by atomic mass is 10.0. The zero-order valence-electron chi connectivity index (χ0n) is 19.6. The number of esters is 2. The number of hydrogen-bond donors (Lipinski definition) is 1. The van der Waals surface area contributed by atoms with E-state index in [0.29, 0.717) is 26.0 Å². The van der Waals surface area contributed by atoms with Crippen LogP contribution in [0.15, 0.2) is 29.8 Å². The topological polar surface area (TPSA) is 101 Å². The van der Waals surface area contributed by atoms with Crippen LogP contribution in [0.2, 0.25) is 0 Å². The minimum absolute atomic E-state index is 0.196. The van der Waals surface area contributed by atoms with Gasteiger partial charge >= 0.3 is 11.9 Å². The van der Waals surface area contributed by atoms with Crippen molar-refractivity contribution in [2.45, 2.75) is 34.6 Å². The van der Waals surface area contributed by atoms with Gasteiger partial charge in [0.05, 0.1) is 24.5 Å². The monoisotopic (exact) mass is 495 g/mol. The Morgan fingerprint density at radius 2 is 1.85 bits per heavy atom. The van der Waals surface area contributed by atoms with Crippen LogP contribution in [0.4, 0.5) is 5.00 Å². The highest BCUT2D eigenvalue weighted by molar-refractivity contribution is 7.18. The Hall–Kier alpha value is -3.48. The van der Waals surface area contributed by atoms with Gasteiger partial charge < -0.3 is 14.8 Å². The highest BCUT2D eigenvalue weighted by atomic mass is 32.1. The molecule has 0 aliphatic heterocycles. The Morgan fingerprint density at radius 3 is 2.50 bits per heavy atom. The third-order valence-electron chi connectivity index (χ3n) is 4.95. The number of ether oxygens (including phenoxy) is 2. The van der Waals surface area contributed by atoms with Crippen molar-refractivity contribution in [1.82, 2.24) is 4.98 Å². The molecule has 0 spiro atoms. The van der Waals surface area contributed by atoms with Gasteiger partial charge in [-0.15, -0.1) is 22.7 Å². The first-order valence-corrected chi connectivity index (χ1v) is 12.4. The van der Waals surface area contributed by atoms with Crippen LogP contribution >= 0.6 is 22.7 Å². The van der Waals surface area contributed by atoms with Crippen molar-refractivity contribution in [1.29, 1.82) is 5.26 Å². The lowest BCUT2D eigenvalue weighted by Gasteiger charge is -2.05. The van der Waals surface area contributed by atoms with Crippen LogP contribution in [0, 0.1) is 32.1 Å². The molecule has 2 heterocycles. The van der Waals surface area contributed by atoms with Gasteiger partial charge in [-0.2, -0.15) is 5.26 Å². The summed E-state index contributed by atoms with van der Waals surface area (Å²) in [5, 5.41) is 15.6. The first-order valence-electron chi connectivity index (χ1n) is 10.7. The molecule has 0 aliphatic rings. The van der Waals surface area contributed by atoms with Crippen molar-refractivity contribution in [2.24, 2.45) is 0 Å². The van der Waals surface area contributed by atoms with Crippen molar-refractivity contribution >= 4 is 45.2 Å². The smallest absolute Gasteiger partial charge is 0.348 e. The van der Waals surface area contributed by atoms with Gasteiger partial charge in [-0.25, -0.2) is 14.6 Å². The van der Waals surface area contributed by atoms with E-state index in [0.717, 1.165) is 28.2 Å². The number of nitrogens with one attached hydrogen (secondary N) is 1. The fourth-order valence-corrected chi connectivity index (χ4v) is 5.20. The quantitative estimate of drug-likeness (QED) is 0.296. The average molecular weight is 496 g/mol. The molecule has 1 aromatic carbocycles. The van der Waals surface area contributed by atoms with E-state index in [9.17, 15) is 14.9 Å². The van der Waals surface area contributed by atoms with Gasteiger partial charge in [-0.05, 0) is 45.7 Å². The maximum absolute atomic E-state index is 12.6. The molecule has 3 aromatic rings. The van der Waals surface area contributed by atoms with Crippen LogP contribution in [0.25, 0.3) is 16.8 Å². The molecule has 0 fully saturated rings. The Balaban J connectivity index is 1.95. The van der Waals surface area contributed by atoms with Gasteiger partial charge in [0.15, 0.2) is 0 Å². The number of nitriles is 1. The molecule has 9 heteroatoms. The summed E-state index contributed by atoms with van der Waals surface area (Å²) in [5.41, 5.74) is 5.11. The summed E-state index contributed by atoms with van der Waals surface area (Å²) < 4.78 is 10.3. The van der Waals surface area contributed by atoms with E-state index in [1.54, 1.807) is 20.8 Å². The van der Waals surface area contributed by atoms with Gasteiger partial charge in [0, 0.05) is 17.1 Å². The molecule has 0 unspecified atom stereocenters. The van der Waals surface area contributed by atoms with E-state index in [4.69, 9.17) is 9.47 Å². The summed E-state index contributed by atoms with van der Waals surface area (Å²) in [6, 6.07) is 8.30.